The van der Waals surface area contributed by atoms with Crippen molar-refractivity contribution < 1.29 is 0 Å². The second kappa shape index (κ2) is 6.66. The van der Waals surface area contributed by atoms with E-state index in [1.165, 1.54) is 39.7 Å². The number of nitrogens with two attached hydrogens (primary N) is 2. The maximum Gasteiger partial charge on any atom is 0.0568 e. The second-order valence-corrected chi connectivity index (χ2v) is 7.39. The van der Waals surface area contributed by atoms with Gasteiger partial charge in [0.2, 0.25) is 0 Å². The molecule has 1 unspecified atom stereocenters. The fraction of sp³-hybridized carbons (Fsp3) is 0.364. The zero-order chi connectivity index (χ0) is 17.3. The van der Waals surface area contributed by atoms with Crippen molar-refractivity contribution in [2.24, 2.45) is 11.5 Å². The first-order valence-corrected chi connectivity index (χ1v) is 9.36. The molecular weight excluding hydrogens is 306 g/mol. The lowest BCUT2D eigenvalue weighted by atomic mass is 9.77. The van der Waals surface area contributed by atoms with Crippen LogP contribution in [0.25, 0.3) is 10.9 Å². The van der Waals surface area contributed by atoms with Crippen LogP contribution in [0.4, 0.5) is 0 Å². The van der Waals surface area contributed by atoms with Crippen LogP contribution in [0.15, 0.2) is 48.5 Å². The number of hydrogen-bond donors (Lipinski definition) is 3. The summed E-state index contributed by atoms with van der Waals surface area (Å²) in [6.45, 7) is 0.703. The van der Waals surface area contributed by atoms with Crippen molar-refractivity contribution in [2.75, 3.05) is 6.54 Å². The van der Waals surface area contributed by atoms with Crippen molar-refractivity contribution in [3.63, 3.8) is 0 Å². The summed E-state index contributed by atoms with van der Waals surface area (Å²) in [4.78, 5) is 3.63. The molecule has 0 fully saturated rings. The Morgan fingerprint density at radius 2 is 1.68 bits per heavy atom. The van der Waals surface area contributed by atoms with Crippen molar-refractivity contribution in [1.29, 1.82) is 0 Å². The van der Waals surface area contributed by atoms with E-state index in [1.807, 2.05) is 0 Å². The average molecular weight is 333 g/mol. The Labute approximate surface area is 149 Å². The van der Waals surface area contributed by atoms with Crippen molar-refractivity contribution in [3.05, 3.63) is 70.9 Å². The van der Waals surface area contributed by atoms with E-state index in [0.717, 1.165) is 32.1 Å². The minimum Gasteiger partial charge on any atom is -0.357 e. The van der Waals surface area contributed by atoms with Crippen molar-refractivity contribution in [2.45, 2.75) is 44.1 Å². The number of fused-ring (bicyclic) bond motifs is 3. The van der Waals surface area contributed by atoms with Crippen LogP contribution in [0.2, 0.25) is 0 Å². The smallest absolute Gasteiger partial charge is 0.0568 e. The van der Waals surface area contributed by atoms with Gasteiger partial charge in [-0.15, -0.1) is 0 Å². The van der Waals surface area contributed by atoms with Gasteiger partial charge in [-0.2, -0.15) is 0 Å². The molecule has 0 saturated heterocycles. The number of aryl methyl sites for hydroxylation is 2. The lowest BCUT2D eigenvalue weighted by Gasteiger charge is -2.34. The molecule has 0 amide bonds. The summed E-state index contributed by atoms with van der Waals surface area (Å²) in [7, 11) is 0. The third kappa shape index (κ3) is 3.10. The molecule has 0 spiro atoms. The van der Waals surface area contributed by atoms with Gasteiger partial charge in [-0.3, -0.25) is 0 Å². The maximum absolute atomic E-state index is 6.91. The standard InChI is InChI=1S/C22H27N3/c23-15-12-17-9-7-16(8-10-17)11-14-22(24)13-3-5-19-18-4-1-2-6-20(18)25-21(19)22/h1-2,4,6-10,25H,3,5,11-15,23-24H2. The average Bonchev–Trinajstić information content (AvgIpc) is 3.02. The highest BCUT2D eigenvalue weighted by Gasteiger charge is 2.34. The molecular formula is C22H27N3. The molecule has 0 aliphatic heterocycles. The normalized spacial score (nSPS) is 19.9. The van der Waals surface area contributed by atoms with Gasteiger partial charge in [-0.05, 0) is 67.8 Å². The lowest BCUT2D eigenvalue weighted by molar-refractivity contribution is 0.339. The SMILES string of the molecule is NCCc1ccc(CCC2(N)CCCc3c2[nH]c2ccccc32)cc1. The van der Waals surface area contributed by atoms with Crippen LogP contribution in [-0.4, -0.2) is 11.5 Å². The summed E-state index contributed by atoms with van der Waals surface area (Å²) in [5, 5.41) is 1.35. The molecule has 1 atom stereocenters. The number of aromatic nitrogens is 1. The van der Waals surface area contributed by atoms with Crippen LogP contribution in [0.5, 0.6) is 0 Å². The van der Waals surface area contributed by atoms with Crippen LogP contribution in [0.1, 0.15) is 41.6 Å². The van der Waals surface area contributed by atoms with Gasteiger partial charge < -0.3 is 16.5 Å². The van der Waals surface area contributed by atoms with E-state index in [0.29, 0.717) is 6.54 Å². The Morgan fingerprint density at radius 3 is 2.44 bits per heavy atom. The number of nitrogens with one attached hydrogen (secondary N) is 1. The first-order chi connectivity index (χ1) is 12.2. The molecule has 0 saturated carbocycles. The highest BCUT2D eigenvalue weighted by molar-refractivity contribution is 5.85. The Balaban J connectivity index is 1.56. The highest BCUT2D eigenvalue weighted by atomic mass is 14.9. The van der Waals surface area contributed by atoms with Gasteiger partial charge >= 0.3 is 0 Å². The molecule has 0 bridgehead atoms. The Kier molecular flexibility index (Phi) is 4.36. The summed E-state index contributed by atoms with van der Waals surface area (Å²) >= 11 is 0. The Bertz CT molecular complexity index is 863. The number of H-pyrrole nitrogens is 1. The van der Waals surface area contributed by atoms with Crippen molar-refractivity contribution in [3.8, 4) is 0 Å². The molecule has 1 aliphatic rings. The van der Waals surface area contributed by atoms with Crippen LogP contribution >= 0.6 is 0 Å². The molecule has 3 nitrogen and oxygen atoms in total. The van der Waals surface area contributed by atoms with Crippen molar-refractivity contribution in [1.82, 2.24) is 4.98 Å². The molecule has 25 heavy (non-hydrogen) atoms. The molecule has 3 heteroatoms. The van der Waals surface area contributed by atoms with Gasteiger partial charge in [0.25, 0.3) is 0 Å². The second-order valence-electron chi connectivity index (χ2n) is 7.39. The monoisotopic (exact) mass is 333 g/mol. The van der Waals surface area contributed by atoms with E-state index in [-0.39, 0.29) is 5.54 Å². The van der Waals surface area contributed by atoms with Crippen LogP contribution < -0.4 is 11.5 Å². The van der Waals surface area contributed by atoms with Crippen molar-refractivity contribution >= 4 is 10.9 Å². The topological polar surface area (TPSA) is 67.8 Å². The zero-order valence-electron chi connectivity index (χ0n) is 14.7. The molecule has 130 valence electrons. The summed E-state index contributed by atoms with van der Waals surface area (Å²) in [5.41, 5.74) is 18.9. The largest absolute Gasteiger partial charge is 0.357 e. The zero-order valence-corrected chi connectivity index (χ0v) is 14.7. The van der Waals surface area contributed by atoms with Gasteiger partial charge in [0.1, 0.15) is 0 Å². The first kappa shape index (κ1) is 16.4. The van der Waals surface area contributed by atoms with Crippen LogP contribution in [0.3, 0.4) is 0 Å². The highest BCUT2D eigenvalue weighted by Crippen LogP contribution is 2.39. The first-order valence-electron chi connectivity index (χ1n) is 9.36. The minimum absolute atomic E-state index is 0.247. The lowest BCUT2D eigenvalue weighted by Crippen LogP contribution is -2.40. The Morgan fingerprint density at radius 1 is 0.960 bits per heavy atom. The summed E-state index contributed by atoms with van der Waals surface area (Å²) in [6, 6.07) is 17.4. The predicted octanol–water partition coefficient (Wildman–Crippen LogP) is 3.79. The molecule has 1 heterocycles. The van der Waals surface area contributed by atoms with E-state index in [1.54, 1.807) is 0 Å². The third-order valence-corrected chi connectivity index (χ3v) is 5.68. The molecule has 5 N–H and O–H groups in total. The summed E-state index contributed by atoms with van der Waals surface area (Å²) in [6.07, 6.45) is 6.28. The summed E-state index contributed by atoms with van der Waals surface area (Å²) in [5.74, 6) is 0. The molecule has 0 radical (unpaired) electrons. The van der Waals surface area contributed by atoms with E-state index in [4.69, 9.17) is 11.5 Å². The fourth-order valence-electron chi connectivity index (χ4n) is 4.25. The van der Waals surface area contributed by atoms with E-state index < -0.39 is 0 Å². The van der Waals surface area contributed by atoms with Crippen LogP contribution in [0, 0.1) is 0 Å². The number of aromatic amines is 1. The number of hydrogen-bond acceptors (Lipinski definition) is 2. The molecule has 4 rings (SSSR count). The fourth-order valence-corrected chi connectivity index (χ4v) is 4.25. The summed E-state index contributed by atoms with van der Waals surface area (Å²) < 4.78 is 0. The van der Waals surface area contributed by atoms with Gasteiger partial charge in [0, 0.05) is 16.6 Å². The quantitative estimate of drug-likeness (QED) is 0.665. The van der Waals surface area contributed by atoms with E-state index in [2.05, 4.69) is 53.5 Å². The number of rotatable bonds is 5. The van der Waals surface area contributed by atoms with E-state index in [9.17, 15) is 0 Å². The van der Waals surface area contributed by atoms with Gasteiger partial charge in [-0.1, -0.05) is 42.5 Å². The maximum atomic E-state index is 6.91. The predicted molar refractivity (Wildman–Crippen MR) is 105 cm³/mol. The van der Waals surface area contributed by atoms with Crippen LogP contribution in [-0.2, 0) is 24.8 Å². The number of para-hydroxylation sites is 1. The molecule has 1 aromatic heterocycles. The van der Waals surface area contributed by atoms with E-state index >= 15 is 0 Å². The van der Waals surface area contributed by atoms with Gasteiger partial charge in [-0.25, -0.2) is 0 Å². The third-order valence-electron chi connectivity index (χ3n) is 5.68. The number of benzene rings is 2. The molecule has 2 aromatic carbocycles. The molecule has 3 aromatic rings. The van der Waals surface area contributed by atoms with Gasteiger partial charge in [0.15, 0.2) is 0 Å². The van der Waals surface area contributed by atoms with Gasteiger partial charge in [0.05, 0.1) is 5.54 Å². The Hall–Kier alpha value is -2.10. The minimum atomic E-state index is -0.247. The molecule has 1 aliphatic carbocycles.